The van der Waals surface area contributed by atoms with E-state index in [-0.39, 0.29) is 22.6 Å². The Hall–Kier alpha value is -3.18. The first kappa shape index (κ1) is 27.4. The Morgan fingerprint density at radius 2 is 1.92 bits per heavy atom. The summed E-state index contributed by atoms with van der Waals surface area (Å²) < 4.78 is 37.9. The fraction of sp³-hybridized carbons (Fsp3) is 0.417. The van der Waals surface area contributed by atoms with Crippen molar-refractivity contribution in [2.75, 3.05) is 25.0 Å². The van der Waals surface area contributed by atoms with E-state index in [0.29, 0.717) is 18.5 Å². The Bertz CT molecular complexity index is 1190. The lowest BCUT2D eigenvalue weighted by Crippen LogP contribution is -2.36. The third-order valence-corrected chi connectivity index (χ3v) is 6.19. The van der Waals surface area contributed by atoms with Crippen molar-refractivity contribution in [2.24, 2.45) is 16.5 Å². The van der Waals surface area contributed by atoms with Gasteiger partial charge >= 0.3 is 6.18 Å². The van der Waals surface area contributed by atoms with Crippen LogP contribution in [0.2, 0.25) is 5.02 Å². The molecule has 1 saturated heterocycles. The van der Waals surface area contributed by atoms with Crippen molar-refractivity contribution < 1.29 is 18.0 Å². The van der Waals surface area contributed by atoms with E-state index in [1.54, 1.807) is 6.92 Å². The van der Waals surface area contributed by atoms with Crippen molar-refractivity contribution >= 4 is 40.7 Å². The number of halogens is 4. The first-order valence-corrected chi connectivity index (χ1v) is 11.7. The molecule has 0 spiro atoms. The number of anilines is 2. The number of hydrogen-bond acceptors (Lipinski definition) is 7. The zero-order valence-corrected chi connectivity index (χ0v) is 21.0. The van der Waals surface area contributed by atoms with Crippen LogP contribution in [-0.4, -0.2) is 52.3 Å². The van der Waals surface area contributed by atoms with Gasteiger partial charge in [-0.1, -0.05) is 17.7 Å². The molecule has 3 rings (SSSR count). The number of carbonyl (C=O) groups is 1. The van der Waals surface area contributed by atoms with Crippen molar-refractivity contribution in [3.63, 3.8) is 0 Å². The molecular weight excluding hydrogens is 495 g/mol. The largest absolute Gasteiger partial charge is 0.430 e. The summed E-state index contributed by atoms with van der Waals surface area (Å²) >= 11 is 6.06. The van der Waals surface area contributed by atoms with Crippen molar-refractivity contribution in [1.29, 1.82) is 0 Å². The summed E-state index contributed by atoms with van der Waals surface area (Å²) in [6.07, 6.45) is -0.976. The van der Waals surface area contributed by atoms with Crippen LogP contribution in [0.25, 0.3) is 0 Å². The minimum atomic E-state index is -4.73. The van der Waals surface area contributed by atoms with E-state index in [4.69, 9.17) is 23.1 Å². The lowest BCUT2D eigenvalue weighted by atomic mass is 9.85. The number of Topliss-reactive ketones (excluding diaryl/α,β-unsaturated/α-hetero) is 1. The highest BCUT2D eigenvalue weighted by Crippen LogP contribution is 2.34. The first-order valence-electron chi connectivity index (χ1n) is 11.3. The lowest BCUT2D eigenvalue weighted by Gasteiger charge is -2.32. The second-order valence-electron chi connectivity index (χ2n) is 8.90. The lowest BCUT2D eigenvalue weighted by molar-refractivity contribution is -0.118. The summed E-state index contributed by atoms with van der Waals surface area (Å²) in [7, 11) is 0. The highest BCUT2D eigenvalue weighted by atomic mass is 35.5. The molecule has 36 heavy (non-hydrogen) atoms. The Morgan fingerprint density at radius 3 is 2.53 bits per heavy atom. The van der Waals surface area contributed by atoms with Crippen LogP contribution in [0.5, 0.6) is 0 Å². The average molecular weight is 524 g/mol. The Balaban J connectivity index is 1.77. The number of piperidine rings is 1. The quantitative estimate of drug-likeness (QED) is 0.356. The summed E-state index contributed by atoms with van der Waals surface area (Å²) in [6.45, 7) is 7.89. The number of amidine groups is 1. The second-order valence-corrected chi connectivity index (χ2v) is 9.31. The van der Waals surface area contributed by atoms with Crippen molar-refractivity contribution in [1.82, 2.24) is 14.9 Å². The molecule has 2 aromatic rings. The minimum absolute atomic E-state index is 0.0156. The predicted octanol–water partition coefficient (Wildman–Crippen LogP) is 4.65. The molecule has 0 unspecified atom stereocenters. The number of ketones is 1. The van der Waals surface area contributed by atoms with Gasteiger partial charge in [0.05, 0.1) is 12.7 Å². The van der Waals surface area contributed by atoms with E-state index < -0.39 is 17.7 Å². The first-order chi connectivity index (χ1) is 16.8. The van der Waals surface area contributed by atoms with Gasteiger partial charge in [0.15, 0.2) is 5.82 Å². The average Bonchev–Trinajstić information content (AvgIpc) is 2.78. The predicted molar refractivity (Wildman–Crippen MR) is 135 cm³/mol. The van der Waals surface area contributed by atoms with E-state index in [1.807, 2.05) is 19.9 Å². The second kappa shape index (κ2) is 11.3. The van der Waals surface area contributed by atoms with Crippen LogP contribution in [0.4, 0.5) is 30.6 Å². The van der Waals surface area contributed by atoms with Crippen LogP contribution in [0.1, 0.15) is 42.4 Å². The number of aromatic nitrogens is 2. The topological polar surface area (TPSA) is 123 Å². The summed E-state index contributed by atoms with van der Waals surface area (Å²) in [5.74, 6) is 0.155. The van der Waals surface area contributed by atoms with Gasteiger partial charge in [0.1, 0.15) is 22.3 Å². The van der Waals surface area contributed by atoms with Crippen LogP contribution in [0.15, 0.2) is 35.1 Å². The summed E-state index contributed by atoms with van der Waals surface area (Å²) in [5.41, 5.74) is 13.3. The standard InChI is InChI=1S/C24H29ClF3N7O/c1-13-9-19(14(2)8-17(13)16-4-6-35(7-5-16)12-15(3)36)32-23-31-11-18(25)22(34-23)33-21(30)10-20(29)24(26,27)28/h8-11,16H,4-7,12,29H2,1-3H3,(H3,30,31,32,33,34)/b20-10-. The monoisotopic (exact) mass is 523 g/mol. The van der Waals surface area contributed by atoms with Crippen LogP contribution >= 0.6 is 11.6 Å². The molecule has 12 heteroatoms. The Kier molecular flexibility index (Phi) is 8.57. The van der Waals surface area contributed by atoms with Crippen LogP contribution in [-0.2, 0) is 4.79 Å². The maximum atomic E-state index is 12.6. The van der Waals surface area contributed by atoms with E-state index in [2.05, 4.69) is 31.2 Å². The third kappa shape index (κ3) is 7.17. The smallest absolute Gasteiger partial charge is 0.395 e. The number of alkyl halides is 3. The highest BCUT2D eigenvalue weighted by molar-refractivity contribution is 6.32. The molecule has 1 aromatic heterocycles. The molecule has 5 N–H and O–H groups in total. The molecule has 1 aliphatic heterocycles. The van der Waals surface area contributed by atoms with Gasteiger partial charge in [-0.15, -0.1) is 0 Å². The number of allylic oxidation sites excluding steroid dienone is 1. The molecule has 1 fully saturated rings. The van der Waals surface area contributed by atoms with E-state index in [9.17, 15) is 18.0 Å². The van der Waals surface area contributed by atoms with Gasteiger partial charge in [-0.2, -0.15) is 18.2 Å². The van der Waals surface area contributed by atoms with Crippen molar-refractivity contribution in [2.45, 2.75) is 45.7 Å². The maximum Gasteiger partial charge on any atom is 0.430 e. The van der Waals surface area contributed by atoms with Crippen LogP contribution in [0.3, 0.4) is 0 Å². The van der Waals surface area contributed by atoms with Crippen LogP contribution < -0.4 is 16.8 Å². The van der Waals surface area contributed by atoms with Gasteiger partial charge in [-0.3, -0.25) is 9.69 Å². The normalized spacial score (nSPS) is 16.3. The summed E-state index contributed by atoms with van der Waals surface area (Å²) in [4.78, 5) is 25.8. The Morgan fingerprint density at radius 1 is 1.25 bits per heavy atom. The van der Waals surface area contributed by atoms with Gasteiger partial charge in [0.25, 0.3) is 0 Å². The molecule has 0 saturated carbocycles. The van der Waals surface area contributed by atoms with E-state index >= 15 is 0 Å². The molecule has 0 radical (unpaired) electrons. The van der Waals surface area contributed by atoms with Crippen molar-refractivity contribution in [3.8, 4) is 0 Å². The number of likely N-dealkylation sites (tertiary alicyclic amines) is 1. The molecule has 1 aromatic carbocycles. The number of aryl methyl sites for hydroxylation is 2. The number of nitrogens with zero attached hydrogens (tertiary/aromatic N) is 4. The fourth-order valence-corrected chi connectivity index (χ4v) is 4.28. The Labute approximate surface area is 212 Å². The molecule has 0 atom stereocenters. The number of carbonyl (C=O) groups excluding carboxylic acids is 1. The number of nitrogens with two attached hydrogens (primary N) is 2. The molecule has 0 bridgehead atoms. The number of nitrogens with one attached hydrogen (secondary N) is 1. The highest BCUT2D eigenvalue weighted by Gasteiger charge is 2.31. The maximum absolute atomic E-state index is 12.6. The molecule has 1 aliphatic rings. The third-order valence-electron chi connectivity index (χ3n) is 5.92. The molecule has 2 heterocycles. The minimum Gasteiger partial charge on any atom is -0.395 e. The molecule has 194 valence electrons. The van der Waals surface area contributed by atoms with Gasteiger partial charge in [0.2, 0.25) is 5.95 Å². The molecule has 0 amide bonds. The van der Waals surface area contributed by atoms with Crippen molar-refractivity contribution in [3.05, 3.63) is 51.8 Å². The zero-order chi connectivity index (χ0) is 26.6. The molecule has 8 nitrogen and oxygen atoms in total. The molecule has 0 aliphatic carbocycles. The fourth-order valence-electron chi connectivity index (χ4n) is 4.14. The van der Waals surface area contributed by atoms with Gasteiger partial charge in [-0.05, 0) is 75.4 Å². The number of benzene rings is 1. The summed E-state index contributed by atoms with van der Waals surface area (Å²) in [5, 5.41) is 3.14. The van der Waals surface area contributed by atoms with E-state index in [0.717, 1.165) is 42.7 Å². The van der Waals surface area contributed by atoms with Crippen LogP contribution in [0, 0.1) is 13.8 Å². The van der Waals surface area contributed by atoms with E-state index in [1.165, 1.54) is 11.8 Å². The van der Waals surface area contributed by atoms with Gasteiger partial charge < -0.3 is 16.8 Å². The van der Waals surface area contributed by atoms with Gasteiger partial charge in [-0.25, -0.2) is 9.98 Å². The van der Waals surface area contributed by atoms with Gasteiger partial charge in [0, 0.05) is 11.8 Å². The number of hydrogen-bond donors (Lipinski definition) is 3. The number of aliphatic imine (C=N–C) groups is 1. The number of rotatable bonds is 7. The summed E-state index contributed by atoms with van der Waals surface area (Å²) in [6, 6.07) is 4.15. The SMILES string of the molecule is CC(=O)CN1CCC(c2cc(C)c(Nc3ncc(Cl)c(N=C(N)/C=C(\N)C(F)(F)F)n3)cc2C)CC1. The molecular formula is C24H29ClF3N7O. The zero-order valence-electron chi connectivity index (χ0n) is 20.3.